The van der Waals surface area contributed by atoms with E-state index in [2.05, 4.69) is 0 Å². The fourth-order valence-electron chi connectivity index (χ4n) is 4.53. The maximum Gasteiger partial charge on any atom is 0.240 e. The van der Waals surface area contributed by atoms with Crippen LogP contribution in [0.5, 0.6) is 0 Å². The van der Waals surface area contributed by atoms with Crippen molar-refractivity contribution in [3.8, 4) is 0 Å². The molecule has 4 nitrogen and oxygen atoms in total. The topological polar surface area (TPSA) is 40.6 Å². The highest BCUT2D eigenvalue weighted by atomic mass is 32.2. The van der Waals surface area contributed by atoms with Gasteiger partial charge in [-0.3, -0.25) is 9.59 Å². The van der Waals surface area contributed by atoms with E-state index in [1.165, 1.54) is 0 Å². The molecule has 0 aliphatic carbocycles. The molecular formula is C32H30N2O2S2. The molecule has 0 aromatic heterocycles. The highest BCUT2D eigenvalue weighted by Gasteiger charge is 2.33. The molecule has 1 aliphatic rings. The van der Waals surface area contributed by atoms with Gasteiger partial charge >= 0.3 is 0 Å². The van der Waals surface area contributed by atoms with Gasteiger partial charge in [0.1, 0.15) is 10.5 Å². The zero-order chi connectivity index (χ0) is 26.2. The van der Waals surface area contributed by atoms with Crippen molar-refractivity contribution in [2.75, 3.05) is 26.2 Å². The van der Waals surface area contributed by atoms with Crippen LogP contribution in [0.1, 0.15) is 21.6 Å². The molecule has 0 spiro atoms. The SMILES string of the molecule is O=C(C(Sc1ccccc1)c1ccccc1)N1CCN(C(=O)C(Sc2ccccc2)c2ccccc2)CC1. The zero-order valence-electron chi connectivity index (χ0n) is 21.1. The van der Waals surface area contributed by atoms with Crippen molar-refractivity contribution < 1.29 is 9.59 Å². The summed E-state index contributed by atoms with van der Waals surface area (Å²) in [4.78, 5) is 33.5. The van der Waals surface area contributed by atoms with Crippen LogP contribution in [0.2, 0.25) is 0 Å². The van der Waals surface area contributed by atoms with Crippen LogP contribution >= 0.6 is 23.5 Å². The van der Waals surface area contributed by atoms with Crippen molar-refractivity contribution in [3.63, 3.8) is 0 Å². The Labute approximate surface area is 233 Å². The Hall–Kier alpha value is -3.48. The summed E-state index contributed by atoms with van der Waals surface area (Å²) in [7, 11) is 0. The van der Waals surface area contributed by atoms with Crippen molar-refractivity contribution in [1.29, 1.82) is 0 Å². The third-order valence-electron chi connectivity index (χ3n) is 6.55. The normalized spacial score (nSPS) is 15.1. The van der Waals surface area contributed by atoms with Crippen LogP contribution in [0, 0.1) is 0 Å². The molecule has 6 heteroatoms. The van der Waals surface area contributed by atoms with Crippen molar-refractivity contribution in [1.82, 2.24) is 9.80 Å². The maximum atomic E-state index is 13.8. The van der Waals surface area contributed by atoms with Crippen LogP contribution < -0.4 is 0 Å². The quantitative estimate of drug-likeness (QED) is 0.233. The molecule has 1 aliphatic heterocycles. The Bertz CT molecular complexity index is 1210. The standard InChI is InChI=1S/C32H30N2O2S2/c35-31(29(25-13-5-1-6-14-25)37-27-17-9-3-10-18-27)33-21-23-34(24-22-33)32(36)30(26-15-7-2-8-16-26)38-28-19-11-4-12-20-28/h1-20,29-30H,21-24H2. The Morgan fingerprint density at radius 2 is 0.763 bits per heavy atom. The Morgan fingerprint density at radius 1 is 0.474 bits per heavy atom. The average molecular weight is 539 g/mol. The molecular weight excluding hydrogens is 508 g/mol. The van der Waals surface area contributed by atoms with Crippen molar-refractivity contribution in [2.24, 2.45) is 0 Å². The first-order valence-electron chi connectivity index (χ1n) is 12.8. The second-order valence-electron chi connectivity index (χ2n) is 9.09. The van der Waals surface area contributed by atoms with Gasteiger partial charge in [0.25, 0.3) is 0 Å². The molecule has 38 heavy (non-hydrogen) atoms. The molecule has 4 aromatic rings. The first-order chi connectivity index (χ1) is 18.7. The Kier molecular flexibility index (Phi) is 8.84. The lowest BCUT2D eigenvalue weighted by Crippen LogP contribution is -2.52. The molecule has 2 atom stereocenters. The molecule has 1 fully saturated rings. The molecule has 2 unspecified atom stereocenters. The van der Waals surface area contributed by atoms with Gasteiger partial charge in [-0.25, -0.2) is 0 Å². The summed E-state index contributed by atoms with van der Waals surface area (Å²) < 4.78 is 0. The second-order valence-corrected chi connectivity index (χ2v) is 11.5. The number of carbonyl (C=O) groups is 2. The summed E-state index contributed by atoms with van der Waals surface area (Å²) in [5.74, 6) is 0.186. The molecule has 5 rings (SSSR count). The molecule has 2 amide bonds. The van der Waals surface area contributed by atoms with Crippen LogP contribution in [0.3, 0.4) is 0 Å². The summed E-state index contributed by atoms with van der Waals surface area (Å²) in [5, 5.41) is -0.655. The fourth-order valence-corrected chi connectivity index (χ4v) is 6.79. The minimum absolute atomic E-state index is 0.0930. The number of rotatable bonds is 8. The second kappa shape index (κ2) is 12.9. The number of nitrogens with zero attached hydrogens (tertiary/aromatic N) is 2. The molecule has 1 heterocycles. The Morgan fingerprint density at radius 3 is 1.08 bits per heavy atom. The molecule has 192 valence electrons. The average Bonchev–Trinajstić information content (AvgIpc) is 3.00. The minimum Gasteiger partial charge on any atom is -0.338 e. The van der Waals surface area contributed by atoms with E-state index in [4.69, 9.17) is 0 Å². The van der Waals surface area contributed by atoms with Gasteiger partial charge in [-0.15, -0.1) is 23.5 Å². The van der Waals surface area contributed by atoms with Gasteiger partial charge in [0, 0.05) is 36.0 Å². The van der Waals surface area contributed by atoms with E-state index in [0.717, 1.165) is 20.9 Å². The minimum atomic E-state index is -0.327. The number of thioether (sulfide) groups is 2. The summed E-state index contributed by atoms with van der Waals surface area (Å²) in [6, 6.07) is 40.0. The number of hydrogen-bond acceptors (Lipinski definition) is 4. The van der Waals surface area contributed by atoms with E-state index in [-0.39, 0.29) is 22.3 Å². The third-order valence-corrected chi connectivity index (χ3v) is 9.06. The highest BCUT2D eigenvalue weighted by molar-refractivity contribution is 8.00. The predicted octanol–water partition coefficient (Wildman–Crippen LogP) is 6.72. The third kappa shape index (κ3) is 6.50. The maximum absolute atomic E-state index is 13.8. The van der Waals surface area contributed by atoms with Crippen molar-refractivity contribution >= 4 is 35.3 Å². The van der Waals surface area contributed by atoms with Crippen LogP contribution in [0.25, 0.3) is 0 Å². The predicted molar refractivity (Wildman–Crippen MR) is 156 cm³/mol. The molecule has 0 bridgehead atoms. The van der Waals surface area contributed by atoms with Gasteiger partial charge in [-0.2, -0.15) is 0 Å². The molecule has 0 saturated carbocycles. The lowest BCUT2D eigenvalue weighted by molar-refractivity contribution is -0.139. The van der Waals surface area contributed by atoms with E-state index in [9.17, 15) is 9.59 Å². The lowest BCUT2D eigenvalue weighted by Gasteiger charge is -2.37. The lowest BCUT2D eigenvalue weighted by atomic mass is 10.1. The molecule has 0 radical (unpaired) electrons. The first kappa shape index (κ1) is 26.1. The summed E-state index contributed by atoms with van der Waals surface area (Å²) >= 11 is 3.16. The van der Waals surface area contributed by atoms with E-state index < -0.39 is 0 Å². The number of piperazine rings is 1. The van der Waals surface area contributed by atoms with Gasteiger partial charge in [-0.1, -0.05) is 97.1 Å². The smallest absolute Gasteiger partial charge is 0.240 e. The van der Waals surface area contributed by atoms with Crippen molar-refractivity contribution in [3.05, 3.63) is 132 Å². The summed E-state index contributed by atoms with van der Waals surface area (Å²) in [6.07, 6.45) is 0. The number of benzene rings is 4. The number of hydrogen-bond donors (Lipinski definition) is 0. The number of carbonyl (C=O) groups excluding carboxylic acids is 2. The monoisotopic (exact) mass is 538 g/mol. The van der Waals surface area contributed by atoms with Gasteiger partial charge in [0.2, 0.25) is 11.8 Å². The zero-order valence-corrected chi connectivity index (χ0v) is 22.7. The van der Waals surface area contributed by atoms with Gasteiger partial charge < -0.3 is 9.80 Å². The van der Waals surface area contributed by atoms with Crippen LogP contribution in [0.4, 0.5) is 0 Å². The summed E-state index contributed by atoms with van der Waals surface area (Å²) in [5.41, 5.74) is 1.99. The first-order valence-corrected chi connectivity index (χ1v) is 14.6. The highest BCUT2D eigenvalue weighted by Crippen LogP contribution is 2.38. The number of amides is 2. The van der Waals surface area contributed by atoms with E-state index in [1.54, 1.807) is 23.5 Å². The van der Waals surface area contributed by atoms with Crippen LogP contribution in [-0.2, 0) is 9.59 Å². The van der Waals surface area contributed by atoms with Crippen LogP contribution in [-0.4, -0.2) is 47.8 Å². The largest absolute Gasteiger partial charge is 0.338 e. The molecule has 0 N–H and O–H groups in total. The molecule has 4 aromatic carbocycles. The Balaban J connectivity index is 1.29. The molecule has 1 saturated heterocycles. The van der Waals surface area contributed by atoms with E-state index in [1.807, 2.05) is 131 Å². The van der Waals surface area contributed by atoms with Gasteiger partial charge in [0.05, 0.1) is 0 Å². The summed E-state index contributed by atoms with van der Waals surface area (Å²) in [6.45, 7) is 2.11. The van der Waals surface area contributed by atoms with Gasteiger partial charge in [-0.05, 0) is 35.4 Å². The van der Waals surface area contributed by atoms with Crippen LogP contribution in [0.15, 0.2) is 131 Å². The van der Waals surface area contributed by atoms with E-state index >= 15 is 0 Å². The van der Waals surface area contributed by atoms with Gasteiger partial charge in [0.15, 0.2) is 0 Å². The fraction of sp³-hybridized carbons (Fsp3) is 0.188. The van der Waals surface area contributed by atoms with Crippen molar-refractivity contribution in [2.45, 2.75) is 20.3 Å². The van der Waals surface area contributed by atoms with E-state index in [0.29, 0.717) is 26.2 Å².